The normalized spacial score (nSPS) is 10.9. The number of rotatable bonds is 8. The summed E-state index contributed by atoms with van der Waals surface area (Å²) in [6.07, 6.45) is 1.94. The van der Waals surface area contributed by atoms with E-state index in [0.29, 0.717) is 13.1 Å². The average Bonchev–Trinajstić information content (AvgIpc) is 3.25. The number of methoxy groups -OCH3 is 2. The lowest BCUT2D eigenvalue weighted by Gasteiger charge is -2.12. The summed E-state index contributed by atoms with van der Waals surface area (Å²) >= 11 is 0. The van der Waals surface area contributed by atoms with Crippen molar-refractivity contribution in [2.75, 3.05) is 20.8 Å². The summed E-state index contributed by atoms with van der Waals surface area (Å²) in [5.74, 6) is 2.41. The molecule has 3 rings (SSSR count). The molecule has 0 amide bonds. The number of halogens is 1. The van der Waals surface area contributed by atoms with E-state index in [4.69, 9.17) is 9.47 Å². The summed E-state index contributed by atoms with van der Waals surface area (Å²) < 4.78 is 12.5. The molecule has 0 aliphatic heterocycles. The van der Waals surface area contributed by atoms with Gasteiger partial charge in [0, 0.05) is 18.3 Å². The molecule has 0 atom stereocenters. The van der Waals surface area contributed by atoms with E-state index < -0.39 is 0 Å². The Bertz CT molecular complexity index is 986. The van der Waals surface area contributed by atoms with Gasteiger partial charge in [-0.05, 0) is 55.8 Å². The van der Waals surface area contributed by atoms with Crippen LogP contribution in [-0.2, 0) is 13.1 Å². The van der Waals surface area contributed by atoms with E-state index in [1.54, 1.807) is 14.2 Å². The van der Waals surface area contributed by atoms with E-state index >= 15 is 0 Å². The van der Waals surface area contributed by atoms with Crippen LogP contribution in [0.4, 0.5) is 0 Å². The topological polar surface area (TPSA) is 72.7 Å². The molecule has 3 aromatic rings. The van der Waals surface area contributed by atoms with Gasteiger partial charge >= 0.3 is 0 Å². The number of ether oxygens (including phenoxy) is 2. The largest absolute Gasteiger partial charge is 0.497 e. The lowest BCUT2D eigenvalue weighted by molar-refractivity contribution is 0.409. The fraction of sp³-hybridized carbons (Fsp3) is 0.304. The molecular formula is C23H30IN5O2. The zero-order valence-electron chi connectivity index (χ0n) is 18.4. The molecule has 0 radical (unpaired) electrons. The Balaban J connectivity index is 0.00000341. The zero-order valence-corrected chi connectivity index (χ0v) is 20.7. The molecular weight excluding hydrogens is 505 g/mol. The Hall–Kier alpha value is -2.75. The highest BCUT2D eigenvalue weighted by molar-refractivity contribution is 14.0. The molecule has 166 valence electrons. The van der Waals surface area contributed by atoms with Crippen LogP contribution in [0, 0.1) is 6.92 Å². The second-order valence-corrected chi connectivity index (χ2v) is 6.81. The standard InChI is InChI=1S/C23H29N5O2.HI/c1-5-24-23(25-15-18-7-6-17(2)14-22(18)30-4)26-16-19-12-13-28(27-19)20-8-10-21(29-3)11-9-20;/h6-14H,5,15-16H2,1-4H3,(H2,24,25,26);1H. The van der Waals surface area contributed by atoms with Crippen molar-refractivity contribution in [2.24, 2.45) is 4.99 Å². The van der Waals surface area contributed by atoms with Crippen molar-refractivity contribution in [3.63, 3.8) is 0 Å². The Morgan fingerprint density at radius 3 is 2.48 bits per heavy atom. The maximum atomic E-state index is 5.48. The Labute approximate surface area is 200 Å². The number of aliphatic imine (C=N–C) groups is 1. The second kappa shape index (κ2) is 12.2. The summed E-state index contributed by atoms with van der Waals surface area (Å²) in [6.45, 7) is 5.96. The first-order valence-electron chi connectivity index (χ1n) is 9.97. The molecule has 0 spiro atoms. The average molecular weight is 535 g/mol. The third-order valence-corrected chi connectivity index (χ3v) is 4.61. The molecule has 31 heavy (non-hydrogen) atoms. The van der Waals surface area contributed by atoms with Crippen molar-refractivity contribution in [3.05, 3.63) is 71.5 Å². The van der Waals surface area contributed by atoms with Crippen molar-refractivity contribution < 1.29 is 9.47 Å². The summed E-state index contributed by atoms with van der Waals surface area (Å²) in [5.41, 5.74) is 4.11. The minimum atomic E-state index is 0. The van der Waals surface area contributed by atoms with Crippen LogP contribution >= 0.6 is 24.0 Å². The predicted molar refractivity (Wildman–Crippen MR) is 135 cm³/mol. The van der Waals surface area contributed by atoms with E-state index in [2.05, 4.69) is 32.9 Å². The molecule has 7 nitrogen and oxygen atoms in total. The van der Waals surface area contributed by atoms with Gasteiger partial charge in [-0.25, -0.2) is 9.67 Å². The van der Waals surface area contributed by atoms with Crippen molar-refractivity contribution in [1.29, 1.82) is 0 Å². The smallest absolute Gasteiger partial charge is 0.191 e. The van der Waals surface area contributed by atoms with Gasteiger partial charge in [-0.2, -0.15) is 5.10 Å². The van der Waals surface area contributed by atoms with Gasteiger partial charge in [0.1, 0.15) is 11.5 Å². The molecule has 0 fully saturated rings. The predicted octanol–water partition coefficient (Wildman–Crippen LogP) is 4.07. The Morgan fingerprint density at radius 1 is 1.03 bits per heavy atom. The molecule has 2 aromatic carbocycles. The molecule has 1 heterocycles. The molecule has 0 bridgehead atoms. The first-order chi connectivity index (χ1) is 14.6. The number of hydrogen-bond donors (Lipinski definition) is 2. The quantitative estimate of drug-likeness (QED) is 0.259. The SMILES string of the molecule is CCNC(=NCc1ccc(C)cc1OC)NCc1ccn(-c2ccc(OC)cc2)n1.I. The fourth-order valence-electron chi connectivity index (χ4n) is 3.00. The first-order valence-corrected chi connectivity index (χ1v) is 9.97. The number of guanidine groups is 1. The van der Waals surface area contributed by atoms with Gasteiger partial charge in [0.2, 0.25) is 0 Å². The first kappa shape index (κ1) is 24.5. The Kier molecular flexibility index (Phi) is 9.64. The molecule has 0 unspecified atom stereocenters. The number of nitrogens with one attached hydrogen (secondary N) is 2. The van der Waals surface area contributed by atoms with Crippen LogP contribution in [0.15, 0.2) is 59.7 Å². The van der Waals surface area contributed by atoms with Crippen LogP contribution in [-0.4, -0.2) is 36.5 Å². The fourth-order valence-corrected chi connectivity index (χ4v) is 3.00. The van der Waals surface area contributed by atoms with Gasteiger partial charge in [0.05, 0.1) is 38.7 Å². The highest BCUT2D eigenvalue weighted by atomic mass is 127. The van der Waals surface area contributed by atoms with Gasteiger partial charge in [-0.15, -0.1) is 24.0 Å². The molecule has 0 aliphatic rings. The summed E-state index contributed by atoms with van der Waals surface area (Å²) in [6, 6.07) is 15.9. The number of benzene rings is 2. The van der Waals surface area contributed by atoms with Crippen LogP contribution in [0.3, 0.4) is 0 Å². The lowest BCUT2D eigenvalue weighted by Crippen LogP contribution is -2.36. The highest BCUT2D eigenvalue weighted by Crippen LogP contribution is 2.20. The van der Waals surface area contributed by atoms with Crippen molar-refractivity contribution in [1.82, 2.24) is 20.4 Å². The molecule has 0 saturated carbocycles. The minimum absolute atomic E-state index is 0. The van der Waals surface area contributed by atoms with Crippen LogP contribution in [0.5, 0.6) is 11.5 Å². The van der Waals surface area contributed by atoms with Crippen LogP contribution in [0.1, 0.15) is 23.7 Å². The zero-order chi connectivity index (χ0) is 21.3. The van der Waals surface area contributed by atoms with E-state index in [9.17, 15) is 0 Å². The third kappa shape index (κ3) is 6.88. The monoisotopic (exact) mass is 535 g/mol. The van der Waals surface area contributed by atoms with Crippen LogP contribution < -0.4 is 20.1 Å². The van der Waals surface area contributed by atoms with E-state index in [-0.39, 0.29) is 24.0 Å². The maximum absolute atomic E-state index is 5.48. The minimum Gasteiger partial charge on any atom is -0.497 e. The van der Waals surface area contributed by atoms with Crippen molar-refractivity contribution in [2.45, 2.75) is 26.9 Å². The number of nitrogens with zero attached hydrogens (tertiary/aromatic N) is 3. The highest BCUT2D eigenvalue weighted by Gasteiger charge is 2.06. The molecule has 2 N–H and O–H groups in total. The molecule has 1 aromatic heterocycles. The van der Waals surface area contributed by atoms with Gasteiger partial charge in [0.15, 0.2) is 5.96 Å². The molecule has 0 aliphatic carbocycles. The number of hydrogen-bond acceptors (Lipinski definition) is 4. The number of aromatic nitrogens is 2. The van der Waals surface area contributed by atoms with E-state index in [1.807, 2.05) is 61.1 Å². The second-order valence-electron chi connectivity index (χ2n) is 6.81. The van der Waals surface area contributed by atoms with Gasteiger partial charge in [-0.3, -0.25) is 0 Å². The molecule has 0 saturated heterocycles. The lowest BCUT2D eigenvalue weighted by atomic mass is 10.1. The maximum Gasteiger partial charge on any atom is 0.191 e. The molecule has 8 heteroatoms. The summed E-state index contributed by atoms with van der Waals surface area (Å²) in [4.78, 5) is 4.69. The Morgan fingerprint density at radius 2 is 1.81 bits per heavy atom. The summed E-state index contributed by atoms with van der Waals surface area (Å²) in [7, 11) is 3.34. The van der Waals surface area contributed by atoms with Crippen molar-refractivity contribution in [3.8, 4) is 17.2 Å². The van der Waals surface area contributed by atoms with Crippen molar-refractivity contribution >= 4 is 29.9 Å². The summed E-state index contributed by atoms with van der Waals surface area (Å²) in [5, 5.41) is 11.2. The van der Waals surface area contributed by atoms with Crippen LogP contribution in [0.2, 0.25) is 0 Å². The van der Waals surface area contributed by atoms with Crippen LogP contribution in [0.25, 0.3) is 5.69 Å². The van der Waals surface area contributed by atoms with Gasteiger partial charge in [-0.1, -0.05) is 12.1 Å². The van der Waals surface area contributed by atoms with Gasteiger partial charge < -0.3 is 20.1 Å². The van der Waals surface area contributed by atoms with E-state index in [0.717, 1.165) is 46.5 Å². The number of aryl methyl sites for hydroxylation is 1. The third-order valence-electron chi connectivity index (χ3n) is 4.61. The van der Waals surface area contributed by atoms with Gasteiger partial charge in [0.25, 0.3) is 0 Å². The van der Waals surface area contributed by atoms with E-state index in [1.165, 1.54) is 0 Å².